The molecule has 3 rings (SSSR count). The van der Waals surface area contributed by atoms with Gasteiger partial charge in [-0.05, 0) is 37.6 Å². The van der Waals surface area contributed by atoms with Crippen molar-refractivity contribution in [2.24, 2.45) is 5.92 Å². The highest BCUT2D eigenvalue weighted by Crippen LogP contribution is 2.21. The van der Waals surface area contributed by atoms with Gasteiger partial charge in [-0.2, -0.15) is 0 Å². The minimum Gasteiger partial charge on any atom is -0.478 e. The van der Waals surface area contributed by atoms with E-state index in [0.29, 0.717) is 11.5 Å². The van der Waals surface area contributed by atoms with Crippen LogP contribution in [-0.4, -0.2) is 45.0 Å². The van der Waals surface area contributed by atoms with Gasteiger partial charge in [0.05, 0.1) is 17.3 Å². The van der Waals surface area contributed by atoms with Crippen molar-refractivity contribution >= 4 is 11.5 Å². The molecule has 0 aromatic carbocycles. The second-order valence-electron chi connectivity index (χ2n) is 5.44. The van der Waals surface area contributed by atoms with Crippen molar-refractivity contribution in [3.63, 3.8) is 0 Å². The van der Waals surface area contributed by atoms with Gasteiger partial charge in [0.2, 0.25) is 0 Å². The van der Waals surface area contributed by atoms with Gasteiger partial charge in [-0.15, -0.1) is 0 Å². The zero-order valence-electron chi connectivity index (χ0n) is 11.6. The highest BCUT2D eigenvalue weighted by molar-refractivity contribution is 5.88. The van der Waals surface area contributed by atoms with Crippen molar-refractivity contribution in [1.29, 1.82) is 0 Å². The third kappa shape index (κ3) is 2.41. The quantitative estimate of drug-likeness (QED) is 0.924. The SMILES string of the molecule is CCN1CCC(Cc2ncc3cc(C(=O)O)ccn23)C1. The first-order valence-electron chi connectivity index (χ1n) is 7.09. The number of pyridine rings is 1. The fraction of sp³-hybridized carbons (Fsp3) is 0.467. The summed E-state index contributed by atoms with van der Waals surface area (Å²) in [5, 5.41) is 9.00. The molecule has 1 atom stereocenters. The van der Waals surface area contributed by atoms with Crippen LogP contribution in [0.1, 0.15) is 29.5 Å². The fourth-order valence-corrected chi connectivity index (χ4v) is 2.96. The molecule has 1 N–H and O–H groups in total. The van der Waals surface area contributed by atoms with Gasteiger partial charge in [0.1, 0.15) is 5.82 Å². The topological polar surface area (TPSA) is 57.8 Å². The number of rotatable bonds is 4. The van der Waals surface area contributed by atoms with Crippen molar-refractivity contribution in [3.05, 3.63) is 35.9 Å². The van der Waals surface area contributed by atoms with E-state index in [9.17, 15) is 4.79 Å². The molecule has 20 heavy (non-hydrogen) atoms. The fourth-order valence-electron chi connectivity index (χ4n) is 2.96. The van der Waals surface area contributed by atoms with Gasteiger partial charge in [0, 0.05) is 19.2 Å². The van der Waals surface area contributed by atoms with Gasteiger partial charge in [-0.3, -0.25) is 0 Å². The van der Waals surface area contributed by atoms with Gasteiger partial charge in [-0.25, -0.2) is 9.78 Å². The molecule has 5 heteroatoms. The predicted molar refractivity (Wildman–Crippen MR) is 76.1 cm³/mol. The molecule has 106 valence electrons. The van der Waals surface area contributed by atoms with Crippen LogP contribution in [0.15, 0.2) is 24.5 Å². The summed E-state index contributed by atoms with van der Waals surface area (Å²) >= 11 is 0. The lowest BCUT2D eigenvalue weighted by Gasteiger charge is -2.12. The molecule has 1 unspecified atom stereocenters. The van der Waals surface area contributed by atoms with Crippen molar-refractivity contribution in [1.82, 2.24) is 14.3 Å². The minimum atomic E-state index is -0.898. The number of carboxylic acids is 1. The number of hydrogen-bond donors (Lipinski definition) is 1. The number of nitrogens with zero attached hydrogens (tertiary/aromatic N) is 3. The average Bonchev–Trinajstić information content (AvgIpc) is 3.06. The van der Waals surface area contributed by atoms with Gasteiger partial charge < -0.3 is 14.4 Å². The largest absolute Gasteiger partial charge is 0.478 e. The van der Waals surface area contributed by atoms with E-state index in [-0.39, 0.29) is 0 Å². The molecule has 0 aliphatic carbocycles. The Labute approximate surface area is 117 Å². The molecule has 2 aromatic rings. The Balaban J connectivity index is 1.81. The lowest BCUT2D eigenvalue weighted by Crippen LogP contribution is -2.20. The Hall–Kier alpha value is -1.88. The molecule has 2 aromatic heterocycles. The van der Waals surface area contributed by atoms with Crippen molar-refractivity contribution in [3.8, 4) is 0 Å². The number of aromatic nitrogens is 2. The summed E-state index contributed by atoms with van der Waals surface area (Å²) in [5.74, 6) is 0.782. The van der Waals surface area contributed by atoms with Gasteiger partial charge in [-0.1, -0.05) is 6.92 Å². The summed E-state index contributed by atoms with van der Waals surface area (Å²) in [5.41, 5.74) is 1.16. The second-order valence-corrected chi connectivity index (χ2v) is 5.44. The molecule has 1 aliphatic rings. The van der Waals surface area contributed by atoms with Crippen LogP contribution in [-0.2, 0) is 6.42 Å². The highest BCUT2D eigenvalue weighted by atomic mass is 16.4. The second kappa shape index (κ2) is 5.25. The van der Waals surface area contributed by atoms with Crippen LogP contribution < -0.4 is 0 Å². The third-order valence-electron chi connectivity index (χ3n) is 4.14. The molecular weight excluding hydrogens is 254 g/mol. The van der Waals surface area contributed by atoms with Crippen LogP contribution in [0.25, 0.3) is 5.52 Å². The maximum atomic E-state index is 11.0. The molecule has 0 bridgehead atoms. The standard InChI is InChI=1S/C15H19N3O2/c1-2-17-5-3-11(10-17)7-14-16-9-13-8-12(15(19)20)4-6-18(13)14/h4,6,8-9,11H,2-3,5,7,10H2,1H3,(H,19,20). The van der Waals surface area contributed by atoms with Crippen LogP contribution in [0.4, 0.5) is 0 Å². The first kappa shape index (κ1) is 13.1. The Bertz CT molecular complexity index is 635. The summed E-state index contributed by atoms with van der Waals surface area (Å²) in [7, 11) is 0. The van der Waals surface area contributed by atoms with Gasteiger partial charge in [0.25, 0.3) is 0 Å². The van der Waals surface area contributed by atoms with Crippen LogP contribution in [0, 0.1) is 5.92 Å². The van der Waals surface area contributed by atoms with E-state index in [2.05, 4.69) is 16.8 Å². The number of likely N-dealkylation sites (tertiary alicyclic amines) is 1. The van der Waals surface area contributed by atoms with Crippen molar-refractivity contribution in [2.75, 3.05) is 19.6 Å². The lowest BCUT2D eigenvalue weighted by atomic mass is 10.0. The molecule has 1 saturated heterocycles. The molecular formula is C15H19N3O2. The zero-order chi connectivity index (χ0) is 14.1. The molecule has 0 radical (unpaired) electrons. The Morgan fingerprint density at radius 1 is 1.55 bits per heavy atom. The number of imidazole rings is 1. The molecule has 0 saturated carbocycles. The van der Waals surface area contributed by atoms with Crippen LogP contribution >= 0.6 is 0 Å². The Morgan fingerprint density at radius 3 is 3.10 bits per heavy atom. The van der Waals surface area contributed by atoms with Crippen LogP contribution in [0.3, 0.4) is 0 Å². The molecule has 5 nitrogen and oxygen atoms in total. The number of carboxylic acid groups (broad SMARTS) is 1. The number of hydrogen-bond acceptors (Lipinski definition) is 3. The van der Waals surface area contributed by atoms with Crippen molar-refractivity contribution in [2.45, 2.75) is 19.8 Å². The molecule has 1 fully saturated rings. The Morgan fingerprint density at radius 2 is 2.40 bits per heavy atom. The number of aromatic carboxylic acids is 1. The number of fused-ring (bicyclic) bond motifs is 1. The van der Waals surface area contributed by atoms with Gasteiger partial charge >= 0.3 is 5.97 Å². The Kier molecular flexibility index (Phi) is 3.44. The summed E-state index contributed by atoms with van der Waals surface area (Å²) in [6.45, 7) is 5.62. The predicted octanol–water partition coefficient (Wildman–Crippen LogP) is 1.92. The van der Waals surface area contributed by atoms with Crippen LogP contribution in [0.5, 0.6) is 0 Å². The van der Waals surface area contributed by atoms with E-state index in [1.807, 2.05) is 10.6 Å². The van der Waals surface area contributed by atoms with Gasteiger partial charge in [0.15, 0.2) is 0 Å². The normalized spacial score (nSPS) is 19.8. The maximum absolute atomic E-state index is 11.0. The van der Waals surface area contributed by atoms with Crippen LogP contribution in [0.2, 0.25) is 0 Å². The maximum Gasteiger partial charge on any atom is 0.335 e. The van der Waals surface area contributed by atoms with E-state index < -0.39 is 5.97 Å². The summed E-state index contributed by atoms with van der Waals surface area (Å²) in [4.78, 5) is 17.9. The van der Waals surface area contributed by atoms with Crippen molar-refractivity contribution < 1.29 is 9.90 Å². The van der Waals surface area contributed by atoms with E-state index in [4.69, 9.17) is 5.11 Å². The molecule has 0 amide bonds. The van der Waals surface area contributed by atoms with E-state index >= 15 is 0 Å². The highest BCUT2D eigenvalue weighted by Gasteiger charge is 2.22. The van der Waals surface area contributed by atoms with E-state index in [1.54, 1.807) is 18.3 Å². The zero-order valence-corrected chi connectivity index (χ0v) is 11.6. The monoisotopic (exact) mass is 273 g/mol. The molecule has 1 aliphatic heterocycles. The third-order valence-corrected chi connectivity index (χ3v) is 4.14. The number of carbonyl (C=O) groups is 1. The summed E-state index contributed by atoms with van der Waals surface area (Å²) in [6, 6.07) is 3.30. The van der Waals surface area contributed by atoms with E-state index in [0.717, 1.165) is 30.9 Å². The summed E-state index contributed by atoms with van der Waals surface area (Å²) < 4.78 is 2.00. The molecule has 3 heterocycles. The lowest BCUT2D eigenvalue weighted by molar-refractivity contribution is 0.0697. The minimum absolute atomic E-state index is 0.307. The average molecular weight is 273 g/mol. The smallest absolute Gasteiger partial charge is 0.335 e. The molecule has 0 spiro atoms. The summed E-state index contributed by atoms with van der Waals surface area (Å²) in [6.07, 6.45) is 5.75. The van der Waals surface area contributed by atoms with E-state index in [1.165, 1.54) is 13.0 Å². The first-order chi connectivity index (χ1) is 9.67. The first-order valence-corrected chi connectivity index (χ1v) is 7.09.